The first-order valence-electron chi connectivity index (χ1n) is 4.04. The minimum atomic E-state index is -2.78. The van der Waals surface area contributed by atoms with Crippen molar-refractivity contribution in [1.29, 1.82) is 5.26 Å². The molecule has 2 heterocycles. The van der Waals surface area contributed by atoms with Crippen molar-refractivity contribution in [3.8, 4) is 16.6 Å². The van der Waals surface area contributed by atoms with E-state index in [4.69, 9.17) is 5.26 Å². The molecule has 0 bridgehead atoms. The summed E-state index contributed by atoms with van der Waals surface area (Å²) in [6.07, 6.45) is 0. The molecule has 0 aliphatic heterocycles. The molecule has 0 aliphatic carbocycles. The Balaban J connectivity index is 2.49. The van der Waals surface area contributed by atoms with E-state index < -0.39 is 6.55 Å². The van der Waals surface area contributed by atoms with E-state index in [0.717, 1.165) is 4.88 Å². The summed E-state index contributed by atoms with van der Waals surface area (Å²) in [5.41, 5.74) is 0.273. The summed E-state index contributed by atoms with van der Waals surface area (Å²) in [5.74, 6) is 0. The van der Waals surface area contributed by atoms with Gasteiger partial charge in [-0.2, -0.15) is 23.8 Å². The molecule has 0 radical (unpaired) electrons. The van der Waals surface area contributed by atoms with E-state index in [1.807, 2.05) is 5.38 Å². The Labute approximate surface area is 88.2 Å². The van der Waals surface area contributed by atoms with Crippen LogP contribution in [0.4, 0.5) is 8.78 Å². The summed E-state index contributed by atoms with van der Waals surface area (Å²) in [7, 11) is 0. The fourth-order valence-corrected chi connectivity index (χ4v) is 1.85. The van der Waals surface area contributed by atoms with Gasteiger partial charge in [-0.1, -0.05) is 6.07 Å². The van der Waals surface area contributed by atoms with Crippen LogP contribution in [0.2, 0.25) is 0 Å². The Kier molecular flexibility index (Phi) is 2.47. The Bertz CT molecular complexity index is 496. The molecule has 0 saturated carbocycles. The zero-order valence-electron chi connectivity index (χ0n) is 7.39. The van der Waals surface area contributed by atoms with Crippen LogP contribution in [0.15, 0.2) is 23.6 Å². The molecule has 0 atom stereocenters. The highest BCUT2D eigenvalue weighted by molar-refractivity contribution is 7.13. The van der Waals surface area contributed by atoms with Crippen LogP contribution in [-0.4, -0.2) is 9.78 Å². The van der Waals surface area contributed by atoms with Crippen molar-refractivity contribution in [3.63, 3.8) is 0 Å². The molecule has 3 nitrogen and oxygen atoms in total. The minimum Gasteiger partial charge on any atom is -0.193 e. The second kappa shape index (κ2) is 3.79. The number of halogens is 2. The zero-order valence-corrected chi connectivity index (χ0v) is 8.21. The van der Waals surface area contributed by atoms with Crippen LogP contribution in [0.1, 0.15) is 12.2 Å². The smallest absolute Gasteiger partial charge is 0.193 e. The summed E-state index contributed by atoms with van der Waals surface area (Å²) in [5, 5.41) is 14.1. The highest BCUT2D eigenvalue weighted by atomic mass is 32.1. The Morgan fingerprint density at radius 1 is 1.53 bits per heavy atom. The van der Waals surface area contributed by atoms with Gasteiger partial charge in [0.2, 0.25) is 0 Å². The lowest BCUT2D eigenvalue weighted by Gasteiger charge is -1.97. The summed E-state index contributed by atoms with van der Waals surface area (Å²) < 4.78 is 25.3. The molecule has 0 aromatic carbocycles. The summed E-state index contributed by atoms with van der Waals surface area (Å²) in [4.78, 5) is 0.769. The molecule has 2 rings (SSSR count). The maximum absolute atomic E-state index is 12.4. The van der Waals surface area contributed by atoms with Crippen molar-refractivity contribution in [2.24, 2.45) is 0 Å². The van der Waals surface area contributed by atoms with Crippen molar-refractivity contribution in [1.82, 2.24) is 9.78 Å². The van der Waals surface area contributed by atoms with E-state index in [-0.39, 0.29) is 5.69 Å². The van der Waals surface area contributed by atoms with Crippen LogP contribution in [0.5, 0.6) is 0 Å². The number of thiophene rings is 1. The van der Waals surface area contributed by atoms with E-state index in [1.54, 1.807) is 18.2 Å². The second-order valence-corrected chi connectivity index (χ2v) is 3.67. The molecule has 0 aliphatic rings. The lowest BCUT2D eigenvalue weighted by atomic mass is 10.3. The third-order valence-corrected chi connectivity index (χ3v) is 2.70. The molecule has 6 heteroatoms. The number of aromatic nitrogens is 2. The fourth-order valence-electron chi connectivity index (χ4n) is 1.17. The molecular weight excluding hydrogens is 220 g/mol. The number of alkyl halides is 2. The first-order chi connectivity index (χ1) is 7.22. The Morgan fingerprint density at radius 3 is 2.80 bits per heavy atom. The van der Waals surface area contributed by atoms with Gasteiger partial charge < -0.3 is 0 Å². The topological polar surface area (TPSA) is 41.6 Å². The maximum atomic E-state index is 12.4. The van der Waals surface area contributed by atoms with Crippen LogP contribution in [0.25, 0.3) is 10.6 Å². The first-order valence-corrected chi connectivity index (χ1v) is 4.92. The average molecular weight is 225 g/mol. The van der Waals surface area contributed by atoms with Crippen molar-refractivity contribution >= 4 is 11.3 Å². The number of hydrogen-bond acceptors (Lipinski definition) is 3. The molecule has 2 aromatic heterocycles. The predicted octanol–water partition coefficient (Wildman–Crippen LogP) is 2.88. The van der Waals surface area contributed by atoms with Gasteiger partial charge in [0.15, 0.2) is 0 Å². The van der Waals surface area contributed by atoms with Crippen molar-refractivity contribution < 1.29 is 8.78 Å². The van der Waals surface area contributed by atoms with Gasteiger partial charge in [-0.05, 0) is 11.4 Å². The van der Waals surface area contributed by atoms with E-state index in [2.05, 4.69) is 5.10 Å². The average Bonchev–Trinajstić information content (AvgIpc) is 2.86. The molecule has 0 spiro atoms. The van der Waals surface area contributed by atoms with Crippen LogP contribution in [0, 0.1) is 11.3 Å². The standard InChI is InChI=1S/C9H5F2N3S/c10-9(11)14-6(5-12)4-7(13-14)8-2-1-3-15-8/h1-4,9H. The van der Waals surface area contributed by atoms with E-state index in [9.17, 15) is 8.78 Å². The number of hydrogen-bond donors (Lipinski definition) is 0. The monoisotopic (exact) mass is 225 g/mol. The number of nitrogens with zero attached hydrogens (tertiary/aromatic N) is 3. The van der Waals surface area contributed by atoms with E-state index >= 15 is 0 Å². The Hall–Kier alpha value is -1.74. The SMILES string of the molecule is N#Cc1cc(-c2cccs2)nn1C(F)F. The largest absolute Gasteiger partial charge is 0.334 e. The van der Waals surface area contributed by atoms with Gasteiger partial charge in [-0.3, -0.25) is 0 Å². The number of rotatable bonds is 2. The number of nitriles is 1. The summed E-state index contributed by atoms with van der Waals surface area (Å²) >= 11 is 1.39. The van der Waals surface area contributed by atoms with Crippen LogP contribution < -0.4 is 0 Å². The lowest BCUT2D eigenvalue weighted by Crippen LogP contribution is -2.02. The second-order valence-electron chi connectivity index (χ2n) is 2.73. The van der Waals surface area contributed by atoms with Crippen molar-refractivity contribution in [2.75, 3.05) is 0 Å². The Morgan fingerprint density at radius 2 is 2.33 bits per heavy atom. The molecule has 0 fully saturated rings. The zero-order chi connectivity index (χ0) is 10.8. The molecule has 0 amide bonds. The van der Waals surface area contributed by atoms with E-state index in [0.29, 0.717) is 10.4 Å². The van der Waals surface area contributed by atoms with Crippen LogP contribution >= 0.6 is 11.3 Å². The quantitative estimate of drug-likeness (QED) is 0.788. The molecule has 0 saturated heterocycles. The third-order valence-electron chi connectivity index (χ3n) is 1.81. The van der Waals surface area contributed by atoms with Crippen molar-refractivity contribution in [3.05, 3.63) is 29.3 Å². The lowest BCUT2D eigenvalue weighted by molar-refractivity contribution is 0.0559. The highest BCUT2D eigenvalue weighted by Gasteiger charge is 2.15. The van der Waals surface area contributed by atoms with Crippen LogP contribution in [-0.2, 0) is 0 Å². The maximum Gasteiger partial charge on any atom is 0.334 e. The fraction of sp³-hybridized carbons (Fsp3) is 0.111. The molecular formula is C9H5F2N3S. The molecule has 15 heavy (non-hydrogen) atoms. The van der Waals surface area contributed by atoms with Gasteiger partial charge in [-0.25, -0.2) is 0 Å². The van der Waals surface area contributed by atoms with Gasteiger partial charge in [0.25, 0.3) is 0 Å². The van der Waals surface area contributed by atoms with Crippen LogP contribution in [0.3, 0.4) is 0 Å². The summed E-state index contributed by atoms with van der Waals surface area (Å²) in [6.45, 7) is -2.78. The molecule has 0 N–H and O–H groups in total. The summed E-state index contributed by atoms with van der Waals surface area (Å²) in [6, 6.07) is 6.61. The normalized spacial score (nSPS) is 10.5. The van der Waals surface area contributed by atoms with E-state index in [1.165, 1.54) is 17.4 Å². The van der Waals surface area contributed by atoms with Gasteiger partial charge in [0.05, 0.1) is 4.88 Å². The highest BCUT2D eigenvalue weighted by Crippen LogP contribution is 2.25. The molecule has 76 valence electrons. The third kappa shape index (κ3) is 1.74. The minimum absolute atomic E-state index is 0.131. The molecule has 0 unspecified atom stereocenters. The predicted molar refractivity (Wildman–Crippen MR) is 51.5 cm³/mol. The van der Waals surface area contributed by atoms with Gasteiger partial charge in [0.1, 0.15) is 17.5 Å². The van der Waals surface area contributed by atoms with Crippen molar-refractivity contribution in [2.45, 2.75) is 6.55 Å². The first kappa shape index (κ1) is 9.80. The van der Waals surface area contributed by atoms with Gasteiger partial charge in [0, 0.05) is 6.07 Å². The van der Waals surface area contributed by atoms with Gasteiger partial charge >= 0.3 is 6.55 Å². The molecule has 2 aromatic rings. The van der Waals surface area contributed by atoms with Gasteiger partial charge in [-0.15, -0.1) is 11.3 Å².